The molecule has 146 valence electrons. The van der Waals surface area contributed by atoms with E-state index in [1.807, 2.05) is 6.92 Å². The molecule has 0 aliphatic carbocycles. The molecule has 16 N–H and O–H groups in total. The summed E-state index contributed by atoms with van der Waals surface area (Å²) in [6.07, 6.45) is 5.08. The van der Waals surface area contributed by atoms with Gasteiger partial charge in [0, 0.05) is 42.3 Å². The highest BCUT2D eigenvalue weighted by Crippen LogP contribution is 2.11. The first-order valence-electron chi connectivity index (χ1n) is 9.13. The van der Waals surface area contributed by atoms with Crippen LogP contribution < -0.4 is 45.9 Å². The monoisotopic (exact) mass is 346 g/mol. The van der Waals surface area contributed by atoms with Gasteiger partial charge in [-0.1, -0.05) is 0 Å². The predicted molar refractivity (Wildman–Crippen MR) is 103 cm³/mol. The van der Waals surface area contributed by atoms with E-state index in [0.717, 1.165) is 25.7 Å². The average molecular weight is 347 g/mol. The maximum absolute atomic E-state index is 6.17. The van der Waals surface area contributed by atoms with Gasteiger partial charge in [0.1, 0.15) is 0 Å². The largest absolute Gasteiger partial charge is 0.330 e. The molecule has 24 heavy (non-hydrogen) atoms. The fourth-order valence-corrected chi connectivity index (χ4v) is 3.23. The van der Waals surface area contributed by atoms with Crippen LogP contribution in [0, 0.1) is 0 Å². The molecule has 0 aromatic rings. The molecule has 0 radical (unpaired) electrons. The summed E-state index contributed by atoms with van der Waals surface area (Å²) in [5.41, 5.74) is 47.8. The van der Waals surface area contributed by atoms with Crippen LogP contribution in [0.2, 0.25) is 0 Å². The van der Waals surface area contributed by atoms with Gasteiger partial charge >= 0.3 is 0 Å². The predicted octanol–water partition coefficient (Wildman–Crippen LogP) is -2.01. The molecule has 0 rings (SSSR count). The van der Waals surface area contributed by atoms with Gasteiger partial charge < -0.3 is 45.9 Å². The minimum Gasteiger partial charge on any atom is -0.330 e. The summed E-state index contributed by atoms with van der Waals surface area (Å²) in [4.78, 5) is 0. The zero-order valence-electron chi connectivity index (χ0n) is 15.3. The zero-order chi connectivity index (χ0) is 18.7. The number of rotatable bonds is 14. The van der Waals surface area contributed by atoms with Gasteiger partial charge in [0.25, 0.3) is 0 Å². The van der Waals surface area contributed by atoms with Gasteiger partial charge in [-0.05, 0) is 58.4 Å². The molecule has 7 atom stereocenters. The summed E-state index contributed by atoms with van der Waals surface area (Å²) < 4.78 is 0. The van der Waals surface area contributed by atoms with E-state index in [9.17, 15) is 0 Å². The third-order valence-electron chi connectivity index (χ3n) is 4.24. The van der Waals surface area contributed by atoms with E-state index in [1.54, 1.807) is 0 Å². The number of nitrogens with two attached hydrogens (primary N) is 8. The maximum Gasteiger partial charge on any atom is 0.00683 e. The summed E-state index contributed by atoms with van der Waals surface area (Å²) in [5, 5.41) is 0. The molecule has 0 saturated carbocycles. The fourth-order valence-electron chi connectivity index (χ4n) is 3.23. The van der Waals surface area contributed by atoms with Crippen molar-refractivity contribution in [3.05, 3.63) is 0 Å². The second kappa shape index (κ2) is 13.0. The molecule has 7 unspecified atom stereocenters. The van der Waals surface area contributed by atoms with E-state index in [2.05, 4.69) is 0 Å². The van der Waals surface area contributed by atoms with E-state index in [1.165, 1.54) is 0 Å². The van der Waals surface area contributed by atoms with Crippen molar-refractivity contribution in [3.8, 4) is 0 Å². The van der Waals surface area contributed by atoms with Crippen LogP contribution in [0.5, 0.6) is 0 Å². The first-order chi connectivity index (χ1) is 11.1. The molecule has 8 heteroatoms. The summed E-state index contributed by atoms with van der Waals surface area (Å²) in [6, 6.07) is -0.0348. The topological polar surface area (TPSA) is 208 Å². The van der Waals surface area contributed by atoms with Gasteiger partial charge in [-0.25, -0.2) is 0 Å². The quantitative estimate of drug-likeness (QED) is 0.176. The summed E-state index contributed by atoms with van der Waals surface area (Å²) >= 11 is 0. The van der Waals surface area contributed by atoms with Crippen molar-refractivity contribution in [2.24, 2.45) is 45.9 Å². The highest BCUT2D eigenvalue weighted by atomic mass is 14.8. The van der Waals surface area contributed by atoms with Gasteiger partial charge in [0.15, 0.2) is 0 Å². The van der Waals surface area contributed by atoms with Gasteiger partial charge in [-0.15, -0.1) is 0 Å². The van der Waals surface area contributed by atoms with Crippen LogP contribution in [-0.4, -0.2) is 48.8 Å². The van der Waals surface area contributed by atoms with Gasteiger partial charge in [-0.3, -0.25) is 0 Å². The molecule has 0 aromatic heterocycles. The maximum atomic E-state index is 6.17. The van der Waals surface area contributed by atoms with Crippen molar-refractivity contribution >= 4 is 0 Å². The van der Waals surface area contributed by atoms with Crippen LogP contribution in [0.3, 0.4) is 0 Å². The van der Waals surface area contributed by atoms with Crippen LogP contribution >= 0.6 is 0 Å². The molecule has 0 aliphatic heterocycles. The highest BCUT2D eigenvalue weighted by molar-refractivity contribution is 4.82. The number of hydrogen-bond donors (Lipinski definition) is 8. The summed E-state index contributed by atoms with van der Waals surface area (Å²) in [7, 11) is 0. The van der Waals surface area contributed by atoms with Crippen molar-refractivity contribution in [2.45, 2.75) is 94.2 Å². The highest BCUT2D eigenvalue weighted by Gasteiger charge is 2.19. The summed E-state index contributed by atoms with van der Waals surface area (Å²) in [5.74, 6) is 0. The summed E-state index contributed by atoms with van der Waals surface area (Å²) in [6.45, 7) is 2.52. The lowest BCUT2D eigenvalue weighted by Gasteiger charge is -2.25. The van der Waals surface area contributed by atoms with E-state index in [4.69, 9.17) is 45.9 Å². The Hall–Kier alpha value is -0.320. The lowest BCUT2D eigenvalue weighted by Crippen LogP contribution is -2.42. The Bertz CT molecular complexity index is 302. The molecule has 0 fully saturated rings. The minimum atomic E-state index is -0.0533. The Morgan fingerprint density at radius 1 is 0.500 bits per heavy atom. The molecule has 0 heterocycles. The fraction of sp³-hybridized carbons (Fsp3) is 1.00. The third kappa shape index (κ3) is 13.0. The van der Waals surface area contributed by atoms with Crippen molar-refractivity contribution in [2.75, 3.05) is 6.54 Å². The van der Waals surface area contributed by atoms with E-state index < -0.39 is 0 Å². The van der Waals surface area contributed by atoms with Gasteiger partial charge in [0.05, 0.1) is 0 Å². The normalized spacial score (nSPS) is 20.9. The first kappa shape index (κ1) is 23.7. The van der Waals surface area contributed by atoms with E-state index in [-0.39, 0.29) is 42.3 Å². The molecule has 0 amide bonds. The molecule has 0 bridgehead atoms. The standard InChI is InChI=1S/C16H42N8/c1-10(18)4-12(20)6-14(22)8-16(24)9-15(23)7-13(21)5-11(19)2-3-17/h10-16H,2-9,17-24H2,1H3. The first-order valence-corrected chi connectivity index (χ1v) is 9.13. The SMILES string of the molecule is CC(N)CC(N)CC(N)CC(N)CC(N)CC(N)CC(N)CCN. The molecule has 0 aliphatic rings. The molecule has 0 saturated heterocycles. The van der Waals surface area contributed by atoms with E-state index >= 15 is 0 Å². The second-order valence-corrected chi connectivity index (χ2v) is 7.53. The van der Waals surface area contributed by atoms with Crippen molar-refractivity contribution in [1.82, 2.24) is 0 Å². The lowest BCUT2D eigenvalue weighted by molar-refractivity contribution is 0.382. The molecule has 0 aromatic carbocycles. The Morgan fingerprint density at radius 2 is 0.792 bits per heavy atom. The zero-order valence-corrected chi connectivity index (χ0v) is 15.3. The third-order valence-corrected chi connectivity index (χ3v) is 4.24. The Balaban J connectivity index is 4.01. The molecule has 0 spiro atoms. The molecular weight excluding hydrogens is 304 g/mol. The molecule has 8 nitrogen and oxygen atoms in total. The Morgan fingerprint density at radius 3 is 1.08 bits per heavy atom. The Labute approximate surface area is 147 Å². The van der Waals surface area contributed by atoms with Gasteiger partial charge in [0.2, 0.25) is 0 Å². The minimum absolute atomic E-state index is 0.0123. The number of hydrogen-bond acceptors (Lipinski definition) is 8. The lowest BCUT2D eigenvalue weighted by atomic mass is 9.92. The van der Waals surface area contributed by atoms with Crippen LogP contribution in [0.1, 0.15) is 51.9 Å². The molecular formula is C16H42N8. The van der Waals surface area contributed by atoms with Crippen molar-refractivity contribution in [3.63, 3.8) is 0 Å². The van der Waals surface area contributed by atoms with E-state index in [0.29, 0.717) is 25.8 Å². The van der Waals surface area contributed by atoms with Gasteiger partial charge in [-0.2, -0.15) is 0 Å². The van der Waals surface area contributed by atoms with Crippen molar-refractivity contribution in [1.29, 1.82) is 0 Å². The van der Waals surface area contributed by atoms with Crippen LogP contribution in [0.15, 0.2) is 0 Å². The van der Waals surface area contributed by atoms with Crippen molar-refractivity contribution < 1.29 is 0 Å². The van der Waals surface area contributed by atoms with Crippen LogP contribution in [0.4, 0.5) is 0 Å². The average Bonchev–Trinajstić information content (AvgIpc) is 2.35. The van der Waals surface area contributed by atoms with Crippen LogP contribution in [0.25, 0.3) is 0 Å². The Kier molecular flexibility index (Phi) is 12.8. The smallest absolute Gasteiger partial charge is 0.00683 e. The second-order valence-electron chi connectivity index (χ2n) is 7.53. The van der Waals surface area contributed by atoms with Crippen LogP contribution in [-0.2, 0) is 0 Å².